The summed E-state index contributed by atoms with van der Waals surface area (Å²) in [5, 5.41) is 21.2. The maximum Gasteiger partial charge on any atom is 0.150 e. The molecule has 0 aromatic carbocycles. The predicted molar refractivity (Wildman–Crippen MR) is 64.4 cm³/mol. The Morgan fingerprint density at radius 3 is 3.12 bits per heavy atom. The second kappa shape index (κ2) is 6.68. The van der Waals surface area contributed by atoms with E-state index in [0.29, 0.717) is 36.6 Å². The lowest BCUT2D eigenvalue weighted by Crippen LogP contribution is -2.19. The van der Waals surface area contributed by atoms with E-state index in [1.54, 1.807) is 6.07 Å². The summed E-state index contributed by atoms with van der Waals surface area (Å²) in [5.41, 5.74) is 6.45. The fraction of sp³-hybridized carbons (Fsp3) is 0.455. The quantitative estimate of drug-likeness (QED) is 0.658. The summed E-state index contributed by atoms with van der Waals surface area (Å²) in [7, 11) is 1.53. The molecule has 4 N–H and O–H groups in total. The summed E-state index contributed by atoms with van der Waals surface area (Å²) in [6.07, 6.45) is 1.52. The third-order valence-electron chi connectivity index (χ3n) is 2.24. The fourth-order valence-corrected chi connectivity index (χ4v) is 1.34. The first kappa shape index (κ1) is 13.2. The van der Waals surface area contributed by atoms with Crippen molar-refractivity contribution in [2.24, 2.45) is 0 Å². The number of nitrogens with one attached hydrogen (secondary N) is 1. The largest absolute Gasteiger partial charge is 0.395 e. The number of methoxy groups -OCH3 is 1. The van der Waals surface area contributed by atoms with Gasteiger partial charge in [-0.2, -0.15) is 5.26 Å². The van der Waals surface area contributed by atoms with Crippen molar-refractivity contribution in [3.05, 3.63) is 17.8 Å². The number of nitrogens with zero attached hydrogens (tertiary/aromatic N) is 2. The maximum atomic E-state index is 9.43. The molecule has 0 radical (unpaired) electrons. The highest BCUT2D eigenvalue weighted by molar-refractivity contribution is 5.68. The van der Waals surface area contributed by atoms with E-state index in [-0.39, 0.29) is 0 Å². The van der Waals surface area contributed by atoms with Gasteiger partial charge in [0, 0.05) is 19.9 Å². The zero-order valence-corrected chi connectivity index (χ0v) is 9.68. The molecule has 1 rings (SSSR count). The number of nitrogen functional groups attached to an aromatic ring is 1. The summed E-state index contributed by atoms with van der Waals surface area (Å²) in [6.45, 7) is 0.805. The molecule has 1 aromatic rings. The molecule has 1 atom stereocenters. The number of hydrogen-bond acceptors (Lipinski definition) is 6. The van der Waals surface area contributed by atoms with Gasteiger partial charge in [-0.25, -0.2) is 4.98 Å². The van der Waals surface area contributed by atoms with Crippen LogP contribution in [0, 0.1) is 11.3 Å². The van der Waals surface area contributed by atoms with Crippen LogP contribution >= 0.6 is 0 Å². The van der Waals surface area contributed by atoms with Gasteiger partial charge in [0.05, 0.1) is 24.0 Å². The Bertz CT molecular complexity index is 403. The van der Waals surface area contributed by atoms with Gasteiger partial charge in [0.25, 0.3) is 0 Å². The lowest BCUT2D eigenvalue weighted by atomic mass is 10.2. The van der Waals surface area contributed by atoms with Gasteiger partial charge in [-0.15, -0.1) is 0 Å². The van der Waals surface area contributed by atoms with Crippen molar-refractivity contribution in [3.8, 4) is 6.07 Å². The van der Waals surface area contributed by atoms with Crippen LogP contribution in [0.2, 0.25) is 0 Å². The lowest BCUT2D eigenvalue weighted by molar-refractivity contribution is 0.0615. The highest BCUT2D eigenvalue weighted by Crippen LogP contribution is 2.18. The summed E-state index contributed by atoms with van der Waals surface area (Å²) in [4.78, 5) is 4.03. The molecule has 1 heterocycles. The second-order valence-corrected chi connectivity index (χ2v) is 3.56. The maximum absolute atomic E-state index is 9.43. The highest BCUT2D eigenvalue weighted by atomic mass is 16.5. The topological polar surface area (TPSA) is 104 Å². The molecule has 0 saturated carbocycles. The molecule has 0 aliphatic rings. The first-order valence-electron chi connectivity index (χ1n) is 5.24. The van der Waals surface area contributed by atoms with Crippen LogP contribution in [0.5, 0.6) is 0 Å². The Balaban J connectivity index is 2.50. The van der Waals surface area contributed by atoms with Crippen molar-refractivity contribution >= 4 is 11.5 Å². The van der Waals surface area contributed by atoms with Gasteiger partial charge >= 0.3 is 0 Å². The van der Waals surface area contributed by atoms with E-state index in [1.807, 2.05) is 6.07 Å². The van der Waals surface area contributed by atoms with Crippen molar-refractivity contribution in [3.63, 3.8) is 0 Å². The predicted octanol–water partition coefficient (Wildman–Crippen LogP) is 0.345. The van der Waals surface area contributed by atoms with Crippen LogP contribution in [-0.2, 0) is 4.74 Å². The Hall–Kier alpha value is -1.84. The van der Waals surface area contributed by atoms with E-state index < -0.39 is 6.10 Å². The molecule has 17 heavy (non-hydrogen) atoms. The number of anilines is 2. The minimum absolute atomic E-state index is 0.294. The number of aliphatic hydroxyl groups is 1. The summed E-state index contributed by atoms with van der Waals surface area (Å²) in [5.74, 6) is 0.466. The monoisotopic (exact) mass is 236 g/mol. The number of nitriles is 1. The molecule has 0 aliphatic carbocycles. The van der Waals surface area contributed by atoms with E-state index in [0.717, 1.165) is 0 Å². The van der Waals surface area contributed by atoms with E-state index in [9.17, 15) is 5.11 Å². The lowest BCUT2D eigenvalue weighted by Gasteiger charge is -2.11. The van der Waals surface area contributed by atoms with Gasteiger partial charge in [0.15, 0.2) is 5.82 Å². The Morgan fingerprint density at radius 2 is 2.47 bits per heavy atom. The van der Waals surface area contributed by atoms with Crippen LogP contribution in [-0.4, -0.2) is 36.5 Å². The number of aliphatic hydroxyl groups excluding tert-OH is 1. The standard InChI is InChI=1S/C11H16N4O2/c1-17-7-9(16)3-5-15-11-10(13)8(6-12)2-4-14-11/h2,4,9,16H,3,5,7,13H2,1H3,(H,14,15). The molecule has 6 nitrogen and oxygen atoms in total. The molecule has 0 aliphatic heterocycles. The zero-order valence-electron chi connectivity index (χ0n) is 9.68. The highest BCUT2D eigenvalue weighted by Gasteiger charge is 2.07. The molecule has 0 fully saturated rings. The van der Waals surface area contributed by atoms with E-state index in [2.05, 4.69) is 10.3 Å². The van der Waals surface area contributed by atoms with Crippen LogP contribution in [0.4, 0.5) is 11.5 Å². The molecule has 92 valence electrons. The SMILES string of the molecule is COCC(O)CCNc1nccc(C#N)c1N. The van der Waals surface area contributed by atoms with Crippen molar-refractivity contribution < 1.29 is 9.84 Å². The van der Waals surface area contributed by atoms with Crippen molar-refractivity contribution in [1.29, 1.82) is 5.26 Å². The van der Waals surface area contributed by atoms with E-state index in [4.69, 9.17) is 15.7 Å². The summed E-state index contributed by atoms with van der Waals surface area (Å²) in [6, 6.07) is 3.54. The third-order valence-corrected chi connectivity index (χ3v) is 2.24. The molecule has 1 aromatic heterocycles. The van der Waals surface area contributed by atoms with Gasteiger partial charge in [-0.3, -0.25) is 0 Å². The smallest absolute Gasteiger partial charge is 0.150 e. The molecule has 6 heteroatoms. The van der Waals surface area contributed by atoms with Gasteiger partial charge in [-0.1, -0.05) is 0 Å². The van der Waals surface area contributed by atoms with E-state index in [1.165, 1.54) is 13.3 Å². The molecule has 0 amide bonds. The first-order chi connectivity index (χ1) is 8.19. The van der Waals surface area contributed by atoms with Crippen LogP contribution in [0.1, 0.15) is 12.0 Å². The van der Waals surface area contributed by atoms with Crippen LogP contribution < -0.4 is 11.1 Å². The number of ether oxygens (including phenoxy) is 1. The second-order valence-electron chi connectivity index (χ2n) is 3.56. The van der Waals surface area contributed by atoms with Gasteiger partial charge in [-0.05, 0) is 12.5 Å². The number of hydrogen-bond donors (Lipinski definition) is 3. The van der Waals surface area contributed by atoms with Gasteiger partial charge < -0.3 is 20.9 Å². The van der Waals surface area contributed by atoms with E-state index >= 15 is 0 Å². The molecule has 0 spiro atoms. The van der Waals surface area contributed by atoms with Crippen molar-refractivity contribution in [2.45, 2.75) is 12.5 Å². The van der Waals surface area contributed by atoms with Gasteiger partial charge in [0.2, 0.25) is 0 Å². The van der Waals surface area contributed by atoms with Crippen LogP contribution in [0.3, 0.4) is 0 Å². The fourth-order valence-electron chi connectivity index (χ4n) is 1.34. The van der Waals surface area contributed by atoms with Gasteiger partial charge in [0.1, 0.15) is 6.07 Å². The van der Waals surface area contributed by atoms with Crippen LogP contribution in [0.25, 0.3) is 0 Å². The number of aromatic nitrogens is 1. The summed E-state index contributed by atoms with van der Waals surface area (Å²) >= 11 is 0. The zero-order chi connectivity index (χ0) is 12.7. The molecular formula is C11H16N4O2. The molecular weight excluding hydrogens is 220 g/mol. The molecule has 0 bridgehead atoms. The number of pyridine rings is 1. The first-order valence-corrected chi connectivity index (χ1v) is 5.24. The number of nitrogens with two attached hydrogens (primary N) is 1. The minimum Gasteiger partial charge on any atom is -0.395 e. The summed E-state index contributed by atoms with van der Waals surface area (Å²) < 4.78 is 4.81. The Morgan fingerprint density at radius 1 is 1.71 bits per heavy atom. The molecule has 0 saturated heterocycles. The van der Waals surface area contributed by atoms with Crippen LogP contribution in [0.15, 0.2) is 12.3 Å². The average molecular weight is 236 g/mol. The van der Waals surface area contributed by atoms with Crippen molar-refractivity contribution in [2.75, 3.05) is 31.3 Å². The average Bonchev–Trinajstić information content (AvgIpc) is 2.32. The Labute approximate surface area is 100 Å². The third kappa shape index (κ3) is 3.90. The normalized spacial score (nSPS) is 11.8. The van der Waals surface area contributed by atoms with Crippen molar-refractivity contribution in [1.82, 2.24) is 4.98 Å². The Kier molecular flexibility index (Phi) is 5.20. The minimum atomic E-state index is -0.520. The number of rotatable bonds is 6. The molecule has 1 unspecified atom stereocenters.